The highest BCUT2D eigenvalue weighted by Gasteiger charge is 2.74. The molecule has 4 heterocycles. The Labute approximate surface area is 241 Å². The lowest BCUT2D eigenvalue weighted by atomic mass is 9.74. The van der Waals surface area contributed by atoms with Crippen LogP contribution in [0, 0.1) is 17.8 Å². The summed E-state index contributed by atoms with van der Waals surface area (Å²) in [6.45, 7) is 6.76. The van der Waals surface area contributed by atoms with Crippen LogP contribution in [0.25, 0.3) is 0 Å². The van der Waals surface area contributed by atoms with Crippen molar-refractivity contribution in [2.75, 3.05) is 24.6 Å². The van der Waals surface area contributed by atoms with E-state index in [4.69, 9.17) is 0 Å². The molecule has 1 aromatic carbocycles. The molecule has 0 bridgehead atoms. The number of likely N-dealkylation sites (tertiary alicyclic amines) is 1. The Bertz CT molecular complexity index is 1230. The van der Waals surface area contributed by atoms with Crippen LogP contribution in [-0.4, -0.2) is 79.9 Å². The van der Waals surface area contributed by atoms with Crippen LogP contribution in [0.2, 0.25) is 0 Å². The first-order valence-corrected chi connectivity index (χ1v) is 15.7. The first kappa shape index (κ1) is 27.6. The maximum atomic E-state index is 14.7. The van der Waals surface area contributed by atoms with E-state index in [2.05, 4.69) is 25.2 Å². The molecule has 214 valence electrons. The molecule has 0 radical (unpaired) electrons. The van der Waals surface area contributed by atoms with E-state index in [1.165, 1.54) is 6.42 Å². The zero-order valence-electron chi connectivity index (χ0n) is 23.7. The predicted molar refractivity (Wildman–Crippen MR) is 158 cm³/mol. The molecule has 6 atom stereocenters. The molecule has 4 aliphatic heterocycles. The van der Waals surface area contributed by atoms with Crippen molar-refractivity contribution in [3.63, 3.8) is 0 Å². The van der Waals surface area contributed by atoms with Gasteiger partial charge in [0.15, 0.2) is 0 Å². The van der Waals surface area contributed by atoms with Crippen molar-refractivity contribution in [3.05, 3.63) is 54.6 Å². The Balaban J connectivity index is 1.48. The van der Waals surface area contributed by atoms with Crippen LogP contribution in [0.1, 0.15) is 52.9 Å². The van der Waals surface area contributed by atoms with E-state index in [0.29, 0.717) is 13.1 Å². The summed E-state index contributed by atoms with van der Waals surface area (Å²) in [5.74, 6) is -1.68. The second kappa shape index (κ2) is 10.4. The highest BCUT2D eigenvalue weighted by atomic mass is 32.2. The van der Waals surface area contributed by atoms with Crippen LogP contribution in [-0.2, 0) is 14.4 Å². The average molecular weight is 564 g/mol. The number of carbonyl (C=O) groups excluding carboxylic acids is 3. The normalized spacial score (nSPS) is 35.1. The van der Waals surface area contributed by atoms with Gasteiger partial charge in [0.05, 0.1) is 29.2 Å². The summed E-state index contributed by atoms with van der Waals surface area (Å²) in [7, 11) is 0. The number of nitrogens with zero attached hydrogens (tertiary/aromatic N) is 3. The van der Waals surface area contributed by atoms with Crippen LogP contribution in [0.15, 0.2) is 54.6 Å². The van der Waals surface area contributed by atoms with Gasteiger partial charge in [0, 0.05) is 29.6 Å². The van der Waals surface area contributed by atoms with Crippen LogP contribution >= 0.6 is 11.8 Å². The van der Waals surface area contributed by atoms with Gasteiger partial charge >= 0.3 is 0 Å². The lowest BCUT2D eigenvalue weighted by Gasteiger charge is -2.42. The number of carbonyl (C=O) groups is 3. The molecule has 1 saturated carbocycles. The van der Waals surface area contributed by atoms with Gasteiger partial charge in [-0.2, -0.15) is 0 Å². The smallest absolute Gasteiger partial charge is 0.247 e. The van der Waals surface area contributed by atoms with E-state index in [9.17, 15) is 19.5 Å². The first-order chi connectivity index (χ1) is 19.2. The Morgan fingerprint density at radius 2 is 1.62 bits per heavy atom. The number of para-hydroxylation sites is 1. The van der Waals surface area contributed by atoms with Crippen molar-refractivity contribution in [1.29, 1.82) is 0 Å². The number of aliphatic hydroxyl groups is 1. The number of hydrogen-bond acceptors (Lipinski definition) is 5. The summed E-state index contributed by atoms with van der Waals surface area (Å²) < 4.78 is -1.54. The van der Waals surface area contributed by atoms with Gasteiger partial charge in [0.25, 0.3) is 0 Å². The summed E-state index contributed by atoms with van der Waals surface area (Å²) in [5, 5.41) is 10.5. The number of hydrogen-bond donors (Lipinski definition) is 1. The molecule has 8 heteroatoms. The van der Waals surface area contributed by atoms with E-state index in [0.717, 1.165) is 31.4 Å². The Morgan fingerprint density at radius 3 is 2.30 bits per heavy atom. The Hall–Kier alpha value is -2.58. The highest BCUT2D eigenvalue weighted by molar-refractivity contribution is 8.02. The van der Waals surface area contributed by atoms with Crippen molar-refractivity contribution in [2.45, 2.75) is 80.5 Å². The lowest BCUT2D eigenvalue weighted by molar-refractivity contribution is -0.148. The number of amides is 3. The van der Waals surface area contributed by atoms with Crippen molar-refractivity contribution in [2.24, 2.45) is 17.8 Å². The van der Waals surface area contributed by atoms with Crippen LogP contribution in [0.4, 0.5) is 5.69 Å². The van der Waals surface area contributed by atoms with Gasteiger partial charge < -0.3 is 19.8 Å². The molecule has 0 aromatic heterocycles. The Morgan fingerprint density at radius 1 is 0.925 bits per heavy atom. The number of aliphatic hydroxyl groups excluding tert-OH is 1. The fourth-order valence-electron chi connectivity index (χ4n) is 8.02. The predicted octanol–water partition coefficient (Wildman–Crippen LogP) is 4.02. The minimum absolute atomic E-state index is 0.0317. The second-order valence-corrected chi connectivity index (χ2v) is 14.4. The zero-order chi connectivity index (χ0) is 28.2. The van der Waals surface area contributed by atoms with Crippen molar-refractivity contribution < 1.29 is 19.5 Å². The zero-order valence-corrected chi connectivity index (χ0v) is 24.6. The van der Waals surface area contributed by atoms with Crippen molar-refractivity contribution >= 4 is 35.2 Å². The number of anilines is 1. The first-order valence-electron chi connectivity index (χ1n) is 14.9. The third kappa shape index (κ3) is 4.08. The molecule has 1 spiro atoms. The Kier molecular flexibility index (Phi) is 7.14. The van der Waals surface area contributed by atoms with Gasteiger partial charge in [-0.1, -0.05) is 75.6 Å². The molecular formula is C32H41N3O4S. The molecular weight excluding hydrogens is 522 g/mol. The largest absolute Gasteiger partial charge is 0.394 e. The summed E-state index contributed by atoms with van der Waals surface area (Å²) >= 11 is 1.61. The molecule has 3 fully saturated rings. The van der Waals surface area contributed by atoms with Gasteiger partial charge in [-0.25, -0.2) is 0 Å². The number of thioether (sulfide) groups is 1. The quantitative estimate of drug-likeness (QED) is 0.548. The molecule has 7 nitrogen and oxygen atoms in total. The molecule has 5 aliphatic rings. The van der Waals surface area contributed by atoms with Gasteiger partial charge in [0.2, 0.25) is 17.7 Å². The van der Waals surface area contributed by atoms with Crippen LogP contribution in [0.3, 0.4) is 0 Å². The molecule has 1 unspecified atom stereocenters. The van der Waals surface area contributed by atoms with Crippen molar-refractivity contribution in [1.82, 2.24) is 9.80 Å². The third-order valence-corrected chi connectivity index (χ3v) is 11.7. The lowest BCUT2D eigenvalue weighted by Crippen LogP contribution is -2.59. The fraction of sp³-hybridized carbons (Fsp3) is 0.594. The van der Waals surface area contributed by atoms with Gasteiger partial charge in [-0.15, -0.1) is 11.8 Å². The van der Waals surface area contributed by atoms with Gasteiger partial charge in [-0.3, -0.25) is 14.4 Å². The minimum atomic E-state index is -0.890. The summed E-state index contributed by atoms with van der Waals surface area (Å²) in [6.07, 6.45) is 13.7. The molecule has 1 aliphatic carbocycles. The third-order valence-electron chi connectivity index (χ3n) is 9.92. The topological polar surface area (TPSA) is 81.2 Å². The average Bonchev–Trinajstić information content (AvgIpc) is 3.21. The van der Waals surface area contributed by atoms with Crippen LogP contribution in [0.5, 0.6) is 0 Å². The maximum Gasteiger partial charge on any atom is 0.247 e. The number of rotatable bonds is 5. The molecule has 3 amide bonds. The van der Waals surface area contributed by atoms with E-state index in [-0.39, 0.29) is 36.3 Å². The van der Waals surface area contributed by atoms with E-state index < -0.39 is 33.4 Å². The molecule has 2 saturated heterocycles. The number of fused-ring (bicyclic) bond motifs is 2. The monoisotopic (exact) mass is 563 g/mol. The standard InChI is InChI=1S/C32H41N3O4S/c1-21(2)24(20-36)35-27-30(39)34(23-14-8-5-9-15-23)19-11-17-32(27)26(29(35)38)25-28(37)33(22-12-6-4-7-13-22)18-10-16-31(25,3)40-32/h4,6-7,10-13,16-17,21,23-27,36H,5,8-9,14-15,18-20H2,1-3H3/t24-,25-,26-,27?,31+,32-/m0/s1. The fourth-order valence-corrected chi connectivity index (χ4v) is 10.2. The molecule has 40 heavy (non-hydrogen) atoms. The SMILES string of the molecule is CC(C)[C@H](CO)N1C(=O)[C@@H]2[C@H]3C(=O)N(c4ccccc4)CC=C[C@@]3(C)S[C@@]23C=CCN(C2CCCCC2)C(=O)C13. The molecule has 1 N–H and O–H groups in total. The van der Waals surface area contributed by atoms with E-state index in [1.54, 1.807) is 21.6 Å². The molecule has 1 aromatic rings. The van der Waals surface area contributed by atoms with E-state index in [1.807, 2.05) is 55.2 Å². The summed E-state index contributed by atoms with van der Waals surface area (Å²) in [6, 6.07) is 8.51. The molecule has 6 rings (SSSR count). The summed E-state index contributed by atoms with van der Waals surface area (Å²) in [4.78, 5) is 49.3. The minimum Gasteiger partial charge on any atom is -0.394 e. The number of benzene rings is 1. The maximum absolute atomic E-state index is 14.7. The van der Waals surface area contributed by atoms with Crippen molar-refractivity contribution in [3.8, 4) is 0 Å². The van der Waals surface area contributed by atoms with E-state index >= 15 is 0 Å². The summed E-state index contributed by atoms with van der Waals surface area (Å²) in [5.41, 5.74) is 0.803. The van der Waals surface area contributed by atoms with Crippen LogP contribution < -0.4 is 4.90 Å². The van der Waals surface area contributed by atoms with Gasteiger partial charge in [0.1, 0.15) is 6.04 Å². The highest BCUT2D eigenvalue weighted by Crippen LogP contribution is 2.66. The van der Waals surface area contributed by atoms with Gasteiger partial charge in [-0.05, 0) is 37.8 Å². The second-order valence-electron chi connectivity index (χ2n) is 12.6.